The third-order valence-electron chi connectivity index (χ3n) is 3.67. The molecule has 0 bridgehead atoms. The Hall–Kier alpha value is -3.27. The summed E-state index contributed by atoms with van der Waals surface area (Å²) < 4.78 is 14.9. The van der Waals surface area contributed by atoms with Crippen LogP contribution in [0.25, 0.3) is 16.9 Å². The van der Waals surface area contributed by atoms with Crippen LogP contribution in [0.5, 0.6) is 0 Å². The maximum Gasteiger partial charge on any atom is 0.227 e. The number of fused-ring (bicyclic) bond motifs is 1. The van der Waals surface area contributed by atoms with Crippen molar-refractivity contribution in [3.63, 3.8) is 0 Å². The van der Waals surface area contributed by atoms with Crippen molar-refractivity contribution < 1.29 is 9.18 Å². The van der Waals surface area contributed by atoms with E-state index in [1.54, 1.807) is 22.8 Å². The summed E-state index contributed by atoms with van der Waals surface area (Å²) in [6, 6.07) is 9.87. The Labute approximate surface area is 150 Å². The van der Waals surface area contributed by atoms with E-state index in [4.69, 9.17) is 5.26 Å². The second kappa shape index (κ2) is 6.56. The number of hydrogen-bond acceptors (Lipinski definition) is 4. The average molecular weight is 351 g/mol. The topological polar surface area (TPSA) is 83.6 Å². The van der Waals surface area contributed by atoms with Crippen molar-refractivity contribution in [1.29, 1.82) is 5.26 Å². The molecule has 0 saturated carbocycles. The lowest BCUT2D eigenvalue weighted by Gasteiger charge is -2.17. The summed E-state index contributed by atoms with van der Waals surface area (Å²) >= 11 is 0. The molecule has 3 aromatic rings. The fourth-order valence-corrected chi connectivity index (χ4v) is 2.61. The van der Waals surface area contributed by atoms with Crippen LogP contribution >= 0.6 is 0 Å². The number of anilines is 1. The summed E-state index contributed by atoms with van der Waals surface area (Å²) in [6.07, 6.45) is 1.41. The fraction of sp³-hybridized carbons (Fsp3) is 0.263. The van der Waals surface area contributed by atoms with Crippen molar-refractivity contribution in [2.75, 3.05) is 5.32 Å². The fourth-order valence-electron chi connectivity index (χ4n) is 2.61. The molecule has 0 aliphatic rings. The molecule has 1 aromatic carbocycles. The van der Waals surface area contributed by atoms with Gasteiger partial charge in [0.15, 0.2) is 0 Å². The number of aromatic nitrogens is 3. The number of rotatable bonds is 3. The van der Waals surface area contributed by atoms with Gasteiger partial charge in [-0.3, -0.25) is 14.7 Å². The van der Waals surface area contributed by atoms with E-state index in [0.29, 0.717) is 28.8 Å². The molecule has 0 unspecified atom stereocenters. The van der Waals surface area contributed by atoms with Crippen molar-refractivity contribution in [2.24, 2.45) is 5.41 Å². The minimum absolute atomic E-state index is 0.178. The number of benzene rings is 1. The number of halogens is 1. The zero-order valence-corrected chi connectivity index (χ0v) is 14.7. The summed E-state index contributed by atoms with van der Waals surface area (Å²) in [7, 11) is 0. The number of pyridine rings is 1. The molecule has 2 aromatic heterocycles. The van der Waals surface area contributed by atoms with E-state index in [-0.39, 0.29) is 17.3 Å². The quantitative estimate of drug-likeness (QED) is 0.778. The Morgan fingerprint density at radius 1 is 1.31 bits per heavy atom. The SMILES string of the molecule is CC(C)(C)CC(=O)Nc1nc2ccc(C#N)cc2n1-c1ccc(F)cn1. The van der Waals surface area contributed by atoms with Gasteiger partial charge in [0, 0.05) is 6.42 Å². The normalized spacial score (nSPS) is 11.3. The molecule has 0 spiro atoms. The van der Waals surface area contributed by atoms with Crippen molar-refractivity contribution in [1.82, 2.24) is 14.5 Å². The molecule has 7 heteroatoms. The first-order chi connectivity index (χ1) is 12.3. The second-order valence-corrected chi connectivity index (χ2v) is 7.21. The molecule has 3 rings (SSSR count). The minimum atomic E-state index is -0.464. The van der Waals surface area contributed by atoms with Crippen LogP contribution in [-0.2, 0) is 4.79 Å². The first-order valence-corrected chi connectivity index (χ1v) is 8.11. The molecule has 0 fully saturated rings. The Kier molecular flexibility index (Phi) is 4.43. The van der Waals surface area contributed by atoms with E-state index in [1.807, 2.05) is 20.8 Å². The number of nitrogens with zero attached hydrogens (tertiary/aromatic N) is 4. The summed E-state index contributed by atoms with van der Waals surface area (Å²) in [5.74, 6) is 0.0318. The van der Waals surface area contributed by atoms with Gasteiger partial charge >= 0.3 is 0 Å². The molecule has 0 aliphatic carbocycles. The number of imidazole rings is 1. The molecule has 0 atom stereocenters. The van der Waals surface area contributed by atoms with Gasteiger partial charge < -0.3 is 0 Å². The molecule has 26 heavy (non-hydrogen) atoms. The molecule has 0 aliphatic heterocycles. The number of carbonyl (C=O) groups excluding carboxylic acids is 1. The van der Waals surface area contributed by atoms with E-state index in [1.165, 1.54) is 12.1 Å². The lowest BCUT2D eigenvalue weighted by molar-refractivity contribution is -0.117. The lowest BCUT2D eigenvalue weighted by Crippen LogP contribution is -2.21. The van der Waals surface area contributed by atoms with Crippen LogP contribution in [0, 0.1) is 22.6 Å². The Morgan fingerprint density at radius 3 is 2.69 bits per heavy atom. The lowest BCUT2D eigenvalue weighted by atomic mass is 9.92. The Balaban J connectivity index is 2.12. The molecule has 6 nitrogen and oxygen atoms in total. The van der Waals surface area contributed by atoms with Gasteiger partial charge in [-0.15, -0.1) is 0 Å². The predicted octanol–water partition coefficient (Wildman–Crippen LogP) is 3.81. The van der Waals surface area contributed by atoms with Gasteiger partial charge in [0.2, 0.25) is 11.9 Å². The zero-order valence-electron chi connectivity index (χ0n) is 14.7. The number of hydrogen-bond donors (Lipinski definition) is 1. The third-order valence-corrected chi connectivity index (χ3v) is 3.67. The van der Waals surface area contributed by atoms with Crippen molar-refractivity contribution in [2.45, 2.75) is 27.2 Å². The van der Waals surface area contributed by atoms with Crippen LogP contribution in [0.4, 0.5) is 10.3 Å². The molecule has 132 valence electrons. The van der Waals surface area contributed by atoms with E-state index >= 15 is 0 Å². The highest BCUT2D eigenvalue weighted by Crippen LogP contribution is 2.26. The van der Waals surface area contributed by atoms with Crippen LogP contribution in [0.1, 0.15) is 32.8 Å². The highest BCUT2D eigenvalue weighted by molar-refractivity contribution is 5.92. The maximum atomic E-state index is 13.3. The number of nitrogens with one attached hydrogen (secondary N) is 1. The number of nitriles is 1. The average Bonchev–Trinajstić information content (AvgIpc) is 2.90. The maximum absolute atomic E-state index is 13.3. The monoisotopic (exact) mass is 351 g/mol. The van der Waals surface area contributed by atoms with Crippen molar-refractivity contribution >= 4 is 22.9 Å². The molecular formula is C19H18FN5O. The number of amides is 1. The third kappa shape index (κ3) is 3.70. The van der Waals surface area contributed by atoms with Crippen LogP contribution in [-0.4, -0.2) is 20.4 Å². The van der Waals surface area contributed by atoms with E-state index < -0.39 is 5.82 Å². The van der Waals surface area contributed by atoms with Crippen LogP contribution in [0.3, 0.4) is 0 Å². The molecular weight excluding hydrogens is 333 g/mol. The van der Waals surface area contributed by atoms with Crippen LogP contribution in [0.2, 0.25) is 0 Å². The highest BCUT2D eigenvalue weighted by atomic mass is 19.1. The number of carbonyl (C=O) groups is 1. The van der Waals surface area contributed by atoms with Gasteiger partial charge in [-0.05, 0) is 35.7 Å². The first kappa shape index (κ1) is 17.5. The van der Waals surface area contributed by atoms with E-state index in [0.717, 1.165) is 6.20 Å². The predicted molar refractivity (Wildman–Crippen MR) is 96.2 cm³/mol. The van der Waals surface area contributed by atoms with Gasteiger partial charge in [-0.25, -0.2) is 14.4 Å². The van der Waals surface area contributed by atoms with Gasteiger partial charge in [-0.1, -0.05) is 20.8 Å². The minimum Gasteiger partial charge on any atom is -0.296 e. The molecule has 0 radical (unpaired) electrons. The van der Waals surface area contributed by atoms with Crippen LogP contribution < -0.4 is 5.32 Å². The zero-order chi connectivity index (χ0) is 18.9. The summed E-state index contributed by atoms with van der Waals surface area (Å²) in [5.41, 5.74) is 1.48. The smallest absolute Gasteiger partial charge is 0.227 e. The second-order valence-electron chi connectivity index (χ2n) is 7.21. The van der Waals surface area contributed by atoms with E-state index in [9.17, 15) is 9.18 Å². The molecule has 1 N–H and O–H groups in total. The molecule has 2 heterocycles. The standard InChI is InChI=1S/C19H18FN5O/c1-19(2,3)9-17(26)24-18-23-14-6-4-12(10-21)8-15(14)25(18)16-7-5-13(20)11-22-16/h4-8,11H,9H2,1-3H3,(H,23,24,26). The highest BCUT2D eigenvalue weighted by Gasteiger charge is 2.20. The van der Waals surface area contributed by atoms with Gasteiger partial charge in [0.1, 0.15) is 11.6 Å². The molecule has 1 amide bonds. The largest absolute Gasteiger partial charge is 0.296 e. The summed E-state index contributed by atoms with van der Waals surface area (Å²) in [6.45, 7) is 5.91. The first-order valence-electron chi connectivity index (χ1n) is 8.11. The van der Waals surface area contributed by atoms with Crippen molar-refractivity contribution in [3.8, 4) is 11.9 Å². The summed E-state index contributed by atoms with van der Waals surface area (Å²) in [5, 5.41) is 12.0. The van der Waals surface area contributed by atoms with Gasteiger partial charge in [0.05, 0.1) is 28.9 Å². The van der Waals surface area contributed by atoms with Crippen molar-refractivity contribution in [3.05, 3.63) is 47.9 Å². The van der Waals surface area contributed by atoms with Crippen LogP contribution in [0.15, 0.2) is 36.5 Å². The molecule has 0 saturated heterocycles. The van der Waals surface area contributed by atoms with Gasteiger partial charge in [0.25, 0.3) is 0 Å². The summed E-state index contributed by atoms with van der Waals surface area (Å²) in [4.78, 5) is 20.9. The Bertz CT molecular complexity index is 1010. The Morgan fingerprint density at radius 2 is 2.08 bits per heavy atom. The van der Waals surface area contributed by atoms with Gasteiger partial charge in [-0.2, -0.15) is 5.26 Å². The van der Waals surface area contributed by atoms with E-state index in [2.05, 4.69) is 21.4 Å².